The van der Waals surface area contributed by atoms with E-state index >= 15 is 0 Å². The smallest absolute Gasteiger partial charge is 0.176 e. The van der Waals surface area contributed by atoms with Crippen molar-refractivity contribution in [2.75, 3.05) is 13.2 Å². The summed E-state index contributed by atoms with van der Waals surface area (Å²) in [6.45, 7) is 5.96. The van der Waals surface area contributed by atoms with Gasteiger partial charge in [-0.25, -0.2) is 0 Å². The third kappa shape index (κ3) is 3.36. The average molecular weight is 240 g/mol. The Balaban J connectivity index is 2.83. The van der Waals surface area contributed by atoms with Crippen LogP contribution in [0.25, 0.3) is 0 Å². The average Bonchev–Trinajstić information content (AvgIpc) is 2.26. The minimum absolute atomic E-state index is 0.0255. The highest BCUT2D eigenvalue weighted by molar-refractivity contribution is 6.32. The number of Topliss-reactive ketones (excluding diaryl/α,β-unsaturated/α-hetero) is 1. The Kier molecular flexibility index (Phi) is 4.52. The molecule has 3 nitrogen and oxygen atoms in total. The number of ketones is 1. The normalized spacial score (nSPS) is 9.94. The Morgan fingerprint density at radius 2 is 2.25 bits per heavy atom. The monoisotopic (exact) mass is 239 g/mol. The van der Waals surface area contributed by atoms with E-state index in [-0.39, 0.29) is 12.3 Å². The molecule has 0 fully saturated rings. The number of halogens is 1. The van der Waals surface area contributed by atoms with E-state index in [0.717, 1.165) is 5.57 Å². The van der Waals surface area contributed by atoms with E-state index in [0.29, 0.717) is 22.9 Å². The van der Waals surface area contributed by atoms with E-state index in [1.54, 1.807) is 18.2 Å². The number of hydrogen-bond donors (Lipinski definition) is 1. The first-order valence-corrected chi connectivity index (χ1v) is 5.22. The number of rotatable bonds is 5. The highest BCUT2D eigenvalue weighted by Gasteiger charge is 2.07. The second-order valence-electron chi connectivity index (χ2n) is 3.52. The van der Waals surface area contributed by atoms with Crippen molar-refractivity contribution in [2.45, 2.75) is 6.92 Å². The molecule has 0 aliphatic heterocycles. The fraction of sp³-hybridized carbons (Fsp3) is 0.250. The van der Waals surface area contributed by atoms with Crippen LogP contribution in [0.5, 0.6) is 5.75 Å². The van der Waals surface area contributed by atoms with Crippen molar-refractivity contribution in [2.24, 2.45) is 5.73 Å². The van der Waals surface area contributed by atoms with Crippen LogP contribution in [0.4, 0.5) is 0 Å². The van der Waals surface area contributed by atoms with Crippen LogP contribution in [0, 0.1) is 0 Å². The first kappa shape index (κ1) is 12.7. The maximum atomic E-state index is 11.3. The highest BCUT2D eigenvalue weighted by atomic mass is 35.5. The van der Waals surface area contributed by atoms with Crippen molar-refractivity contribution < 1.29 is 9.53 Å². The van der Waals surface area contributed by atoms with Crippen molar-refractivity contribution in [1.29, 1.82) is 0 Å². The van der Waals surface area contributed by atoms with Crippen LogP contribution in [0.2, 0.25) is 5.02 Å². The molecular formula is C12H14ClNO2. The largest absolute Gasteiger partial charge is 0.488 e. The molecule has 0 unspecified atom stereocenters. The summed E-state index contributed by atoms with van der Waals surface area (Å²) in [5, 5.41) is 0.403. The summed E-state index contributed by atoms with van der Waals surface area (Å²) in [5.74, 6) is 0.395. The van der Waals surface area contributed by atoms with Gasteiger partial charge in [-0.15, -0.1) is 0 Å². The number of nitrogens with two attached hydrogens (primary N) is 1. The molecule has 0 atom stereocenters. The quantitative estimate of drug-likeness (QED) is 0.634. The molecule has 0 saturated carbocycles. The minimum Gasteiger partial charge on any atom is -0.488 e. The molecule has 1 aromatic carbocycles. The van der Waals surface area contributed by atoms with E-state index in [9.17, 15) is 4.79 Å². The van der Waals surface area contributed by atoms with Crippen LogP contribution in [0.1, 0.15) is 17.3 Å². The summed E-state index contributed by atoms with van der Waals surface area (Å²) in [6.07, 6.45) is 0. The zero-order valence-electron chi connectivity index (χ0n) is 9.13. The zero-order chi connectivity index (χ0) is 12.1. The van der Waals surface area contributed by atoms with E-state index in [1.807, 2.05) is 6.92 Å². The van der Waals surface area contributed by atoms with Crippen LogP contribution < -0.4 is 10.5 Å². The molecule has 0 radical (unpaired) electrons. The van der Waals surface area contributed by atoms with E-state index in [4.69, 9.17) is 22.1 Å². The van der Waals surface area contributed by atoms with Gasteiger partial charge in [0.25, 0.3) is 0 Å². The standard InChI is InChI=1S/C12H14ClNO2/c1-8(2)7-16-12-4-3-9(5-10(12)13)11(15)6-14/h3-5H,1,6-7,14H2,2H3. The zero-order valence-corrected chi connectivity index (χ0v) is 9.88. The minimum atomic E-state index is -0.145. The maximum absolute atomic E-state index is 11.3. The number of benzene rings is 1. The summed E-state index contributed by atoms with van der Waals surface area (Å²) in [7, 11) is 0. The summed E-state index contributed by atoms with van der Waals surface area (Å²) < 4.78 is 5.39. The van der Waals surface area contributed by atoms with Gasteiger partial charge in [0.1, 0.15) is 12.4 Å². The molecule has 0 spiro atoms. The topological polar surface area (TPSA) is 52.3 Å². The summed E-state index contributed by atoms with van der Waals surface area (Å²) in [6, 6.07) is 4.87. The Bertz CT molecular complexity index is 415. The van der Waals surface area contributed by atoms with E-state index < -0.39 is 0 Å². The van der Waals surface area contributed by atoms with Crippen molar-refractivity contribution >= 4 is 17.4 Å². The van der Waals surface area contributed by atoms with Gasteiger partial charge in [0.15, 0.2) is 5.78 Å². The first-order chi connectivity index (χ1) is 7.54. The Morgan fingerprint density at radius 1 is 1.56 bits per heavy atom. The lowest BCUT2D eigenvalue weighted by Gasteiger charge is -2.08. The number of ether oxygens (including phenoxy) is 1. The number of hydrogen-bond acceptors (Lipinski definition) is 3. The predicted molar refractivity (Wildman–Crippen MR) is 65.1 cm³/mol. The molecule has 16 heavy (non-hydrogen) atoms. The van der Waals surface area contributed by atoms with E-state index in [1.165, 1.54) is 0 Å². The Hall–Kier alpha value is -1.32. The summed E-state index contributed by atoms with van der Waals surface area (Å²) in [5.41, 5.74) is 6.65. The Morgan fingerprint density at radius 3 is 2.75 bits per heavy atom. The molecule has 0 aromatic heterocycles. The van der Waals surface area contributed by atoms with Gasteiger partial charge in [0, 0.05) is 5.56 Å². The van der Waals surface area contributed by atoms with Gasteiger partial charge >= 0.3 is 0 Å². The van der Waals surface area contributed by atoms with Gasteiger partial charge in [-0.3, -0.25) is 4.79 Å². The molecule has 0 saturated heterocycles. The Labute approximate surface area is 99.8 Å². The van der Waals surface area contributed by atoms with Crippen LogP contribution in [-0.4, -0.2) is 18.9 Å². The molecule has 0 aliphatic carbocycles. The SMILES string of the molecule is C=C(C)COc1ccc(C(=O)CN)cc1Cl. The molecular weight excluding hydrogens is 226 g/mol. The van der Waals surface area contributed by atoms with Crippen LogP contribution in [0.15, 0.2) is 30.4 Å². The third-order valence-electron chi connectivity index (χ3n) is 1.91. The van der Waals surface area contributed by atoms with Gasteiger partial charge in [-0.05, 0) is 30.7 Å². The molecule has 0 amide bonds. The molecule has 2 N–H and O–H groups in total. The fourth-order valence-electron chi connectivity index (χ4n) is 1.11. The summed E-state index contributed by atoms with van der Waals surface area (Å²) in [4.78, 5) is 11.3. The van der Waals surface area contributed by atoms with Crippen molar-refractivity contribution in [3.8, 4) is 5.75 Å². The fourth-order valence-corrected chi connectivity index (χ4v) is 1.35. The molecule has 1 rings (SSSR count). The predicted octanol–water partition coefficient (Wildman–Crippen LogP) is 2.44. The maximum Gasteiger partial charge on any atom is 0.176 e. The van der Waals surface area contributed by atoms with Gasteiger partial charge in [0.2, 0.25) is 0 Å². The van der Waals surface area contributed by atoms with Crippen molar-refractivity contribution in [3.63, 3.8) is 0 Å². The molecule has 0 bridgehead atoms. The number of carbonyl (C=O) groups is 1. The lowest BCUT2D eigenvalue weighted by molar-refractivity contribution is 0.100. The lowest BCUT2D eigenvalue weighted by atomic mass is 10.1. The molecule has 86 valence electrons. The second-order valence-corrected chi connectivity index (χ2v) is 3.93. The van der Waals surface area contributed by atoms with Gasteiger partial charge in [-0.1, -0.05) is 18.2 Å². The number of carbonyl (C=O) groups excluding carboxylic acids is 1. The van der Waals surface area contributed by atoms with Crippen LogP contribution in [0.3, 0.4) is 0 Å². The highest BCUT2D eigenvalue weighted by Crippen LogP contribution is 2.25. The van der Waals surface area contributed by atoms with Crippen LogP contribution >= 0.6 is 11.6 Å². The van der Waals surface area contributed by atoms with Gasteiger partial charge in [0.05, 0.1) is 11.6 Å². The van der Waals surface area contributed by atoms with Gasteiger partial charge in [-0.2, -0.15) is 0 Å². The van der Waals surface area contributed by atoms with Crippen molar-refractivity contribution in [3.05, 3.63) is 40.9 Å². The van der Waals surface area contributed by atoms with Gasteiger partial charge < -0.3 is 10.5 Å². The second kappa shape index (κ2) is 5.68. The van der Waals surface area contributed by atoms with E-state index in [2.05, 4.69) is 6.58 Å². The first-order valence-electron chi connectivity index (χ1n) is 4.84. The molecule has 4 heteroatoms. The molecule has 1 aromatic rings. The van der Waals surface area contributed by atoms with Crippen LogP contribution in [-0.2, 0) is 0 Å². The summed E-state index contributed by atoms with van der Waals surface area (Å²) >= 11 is 5.97. The molecule has 0 heterocycles. The van der Waals surface area contributed by atoms with Crippen molar-refractivity contribution in [1.82, 2.24) is 0 Å². The molecule has 0 aliphatic rings. The third-order valence-corrected chi connectivity index (χ3v) is 2.21. The lowest BCUT2D eigenvalue weighted by Crippen LogP contribution is -2.13.